The number of aromatic nitrogens is 1. The van der Waals surface area contributed by atoms with E-state index in [0.29, 0.717) is 0 Å². The fourth-order valence-electron chi connectivity index (χ4n) is 1.51. The van der Waals surface area contributed by atoms with E-state index in [2.05, 4.69) is 9.72 Å². The summed E-state index contributed by atoms with van der Waals surface area (Å²) in [6, 6.07) is 2.76. The van der Waals surface area contributed by atoms with Crippen molar-refractivity contribution < 1.29 is 19.1 Å². The zero-order chi connectivity index (χ0) is 15.3. The highest BCUT2D eigenvalue weighted by atomic mass is 16.5. The molecule has 0 radical (unpaired) electrons. The quantitative estimate of drug-likeness (QED) is 0.521. The first-order valence-electron chi connectivity index (χ1n) is 5.51. The second kappa shape index (κ2) is 6.36. The van der Waals surface area contributed by atoms with E-state index in [4.69, 9.17) is 17.2 Å². The zero-order valence-corrected chi connectivity index (χ0v) is 10.8. The van der Waals surface area contributed by atoms with E-state index in [9.17, 15) is 14.4 Å². The van der Waals surface area contributed by atoms with Gasteiger partial charge in [0, 0.05) is 0 Å². The van der Waals surface area contributed by atoms with Crippen molar-refractivity contribution in [2.24, 2.45) is 11.5 Å². The lowest BCUT2D eigenvalue weighted by Crippen LogP contribution is -2.40. The predicted octanol–water partition coefficient (Wildman–Crippen LogP) is -1.77. The summed E-state index contributed by atoms with van der Waals surface area (Å²) >= 11 is 0. The van der Waals surface area contributed by atoms with Crippen molar-refractivity contribution in [3.8, 4) is 0 Å². The Hall–Kier alpha value is -2.84. The minimum absolute atomic E-state index is 0.0179. The molecule has 0 atom stereocenters. The van der Waals surface area contributed by atoms with Crippen LogP contribution in [0.15, 0.2) is 12.1 Å². The van der Waals surface area contributed by atoms with E-state index < -0.39 is 17.8 Å². The van der Waals surface area contributed by atoms with Crippen LogP contribution >= 0.6 is 0 Å². The minimum Gasteiger partial charge on any atom is -0.464 e. The average Bonchev–Trinajstić information content (AvgIpc) is 2.36. The summed E-state index contributed by atoms with van der Waals surface area (Å²) in [5, 5.41) is 0. The molecule has 0 fully saturated rings. The maximum atomic E-state index is 11.4. The Balaban J connectivity index is 3.19. The molecule has 0 saturated carbocycles. The maximum Gasteiger partial charge on any atom is 0.356 e. The van der Waals surface area contributed by atoms with Gasteiger partial charge in [0.25, 0.3) is 0 Å². The number of rotatable bonds is 6. The largest absolute Gasteiger partial charge is 0.464 e. The van der Waals surface area contributed by atoms with Crippen LogP contribution in [0.2, 0.25) is 0 Å². The molecule has 0 aliphatic heterocycles. The Morgan fingerprint density at radius 3 is 2.20 bits per heavy atom. The van der Waals surface area contributed by atoms with Crippen LogP contribution in [0.1, 0.15) is 10.5 Å². The number of esters is 1. The molecule has 0 aromatic carbocycles. The molecule has 0 aliphatic rings. The summed E-state index contributed by atoms with van der Waals surface area (Å²) in [4.78, 5) is 38.6. The first-order valence-corrected chi connectivity index (χ1v) is 5.51. The van der Waals surface area contributed by atoms with Crippen LogP contribution < -0.4 is 22.1 Å². The third-order valence-corrected chi connectivity index (χ3v) is 2.29. The van der Waals surface area contributed by atoms with Gasteiger partial charge < -0.3 is 26.8 Å². The first kappa shape index (κ1) is 15.2. The SMILES string of the molecule is COC(=O)c1ccc(N)c(N(CC(N)=O)CC(N)=O)n1. The molecule has 2 amide bonds. The van der Waals surface area contributed by atoms with Gasteiger partial charge in [0.1, 0.15) is 0 Å². The van der Waals surface area contributed by atoms with E-state index in [1.54, 1.807) is 0 Å². The van der Waals surface area contributed by atoms with Crippen molar-refractivity contribution >= 4 is 29.3 Å². The lowest BCUT2D eigenvalue weighted by molar-refractivity contribution is -0.117. The van der Waals surface area contributed by atoms with Crippen LogP contribution in [-0.4, -0.2) is 43.0 Å². The summed E-state index contributed by atoms with van der Waals surface area (Å²) in [5.74, 6) is -2.01. The third kappa shape index (κ3) is 3.83. The van der Waals surface area contributed by atoms with E-state index in [0.717, 1.165) is 0 Å². The lowest BCUT2D eigenvalue weighted by Gasteiger charge is -2.22. The number of anilines is 2. The number of amides is 2. The molecule has 1 aromatic heterocycles. The Labute approximate surface area is 114 Å². The van der Waals surface area contributed by atoms with Gasteiger partial charge in [0.2, 0.25) is 11.8 Å². The number of carbonyl (C=O) groups is 3. The maximum absolute atomic E-state index is 11.4. The van der Waals surface area contributed by atoms with Crippen LogP contribution in [0.4, 0.5) is 11.5 Å². The summed E-state index contributed by atoms with van der Waals surface area (Å²) < 4.78 is 4.53. The van der Waals surface area contributed by atoms with Crippen molar-refractivity contribution in [1.82, 2.24) is 4.98 Å². The monoisotopic (exact) mass is 281 g/mol. The van der Waals surface area contributed by atoms with Crippen LogP contribution in [0.3, 0.4) is 0 Å². The summed E-state index contributed by atoms with van der Waals surface area (Å²) in [5.41, 5.74) is 16.0. The van der Waals surface area contributed by atoms with Crippen LogP contribution in [0.5, 0.6) is 0 Å². The normalized spacial score (nSPS) is 9.85. The zero-order valence-electron chi connectivity index (χ0n) is 10.8. The number of ether oxygens (including phenoxy) is 1. The number of hydrogen-bond donors (Lipinski definition) is 3. The van der Waals surface area contributed by atoms with Gasteiger partial charge in [0.15, 0.2) is 11.5 Å². The van der Waals surface area contributed by atoms with Gasteiger partial charge in [-0.15, -0.1) is 0 Å². The number of pyridine rings is 1. The standard InChI is InChI=1S/C11H15N5O4/c1-20-11(19)7-3-2-6(12)10(15-7)16(4-8(13)17)5-9(14)18/h2-3H,4-5,12H2,1H3,(H2,13,17)(H2,14,18). The number of carbonyl (C=O) groups excluding carboxylic acids is 3. The van der Waals surface area contributed by atoms with Crippen LogP contribution in [0, 0.1) is 0 Å². The summed E-state index contributed by atoms with van der Waals surface area (Å²) in [7, 11) is 1.20. The van der Waals surface area contributed by atoms with E-state index in [1.165, 1.54) is 24.1 Å². The molecule has 20 heavy (non-hydrogen) atoms. The van der Waals surface area contributed by atoms with E-state index >= 15 is 0 Å². The molecule has 9 nitrogen and oxygen atoms in total. The molecule has 1 heterocycles. The Morgan fingerprint density at radius 2 is 1.75 bits per heavy atom. The fraction of sp³-hybridized carbons (Fsp3) is 0.273. The van der Waals surface area contributed by atoms with Crippen LogP contribution in [-0.2, 0) is 14.3 Å². The average molecular weight is 281 g/mol. The number of hydrogen-bond acceptors (Lipinski definition) is 7. The lowest BCUT2D eigenvalue weighted by atomic mass is 10.3. The molecular formula is C11H15N5O4. The minimum atomic E-state index is -0.698. The van der Waals surface area contributed by atoms with Crippen molar-refractivity contribution in [1.29, 1.82) is 0 Å². The van der Waals surface area contributed by atoms with E-state index in [1.807, 2.05) is 0 Å². The van der Waals surface area contributed by atoms with Gasteiger partial charge >= 0.3 is 5.97 Å². The molecule has 0 bridgehead atoms. The van der Waals surface area contributed by atoms with E-state index in [-0.39, 0.29) is 30.3 Å². The number of nitrogens with zero attached hydrogens (tertiary/aromatic N) is 2. The van der Waals surface area contributed by atoms with Gasteiger partial charge in [0.05, 0.1) is 25.9 Å². The highest BCUT2D eigenvalue weighted by Crippen LogP contribution is 2.20. The second-order valence-corrected chi connectivity index (χ2v) is 3.89. The number of nitrogen functional groups attached to an aromatic ring is 1. The molecule has 1 aromatic rings. The van der Waals surface area contributed by atoms with Gasteiger partial charge in [-0.25, -0.2) is 9.78 Å². The number of methoxy groups -OCH3 is 1. The molecule has 1 rings (SSSR count). The second-order valence-electron chi connectivity index (χ2n) is 3.89. The van der Waals surface area contributed by atoms with Crippen molar-refractivity contribution in [2.75, 3.05) is 30.8 Å². The molecule has 9 heteroatoms. The summed E-state index contributed by atoms with van der Waals surface area (Å²) in [6.45, 7) is -0.629. The van der Waals surface area contributed by atoms with Crippen LogP contribution in [0.25, 0.3) is 0 Å². The Bertz CT molecular complexity index is 530. The molecule has 108 valence electrons. The molecule has 0 saturated heterocycles. The molecule has 6 N–H and O–H groups in total. The van der Waals surface area contributed by atoms with Crippen molar-refractivity contribution in [3.63, 3.8) is 0 Å². The molecule has 0 aliphatic carbocycles. The summed E-state index contributed by atoms with van der Waals surface area (Å²) in [6.07, 6.45) is 0. The highest BCUT2D eigenvalue weighted by Gasteiger charge is 2.18. The Kier molecular flexibility index (Phi) is 4.84. The topological polar surface area (TPSA) is 155 Å². The number of primary amides is 2. The van der Waals surface area contributed by atoms with Gasteiger partial charge in [-0.1, -0.05) is 0 Å². The van der Waals surface area contributed by atoms with Gasteiger partial charge in [-0.3, -0.25) is 9.59 Å². The number of nitrogens with two attached hydrogens (primary N) is 3. The van der Waals surface area contributed by atoms with Gasteiger partial charge in [-0.05, 0) is 12.1 Å². The molecule has 0 unspecified atom stereocenters. The predicted molar refractivity (Wildman–Crippen MR) is 70.6 cm³/mol. The highest BCUT2D eigenvalue weighted by molar-refractivity contribution is 5.90. The molecule has 0 spiro atoms. The first-order chi connectivity index (χ1) is 9.35. The Morgan fingerprint density at radius 1 is 1.20 bits per heavy atom. The van der Waals surface area contributed by atoms with Crippen molar-refractivity contribution in [3.05, 3.63) is 17.8 Å². The fourth-order valence-corrected chi connectivity index (χ4v) is 1.51. The smallest absolute Gasteiger partial charge is 0.356 e. The molecular weight excluding hydrogens is 266 g/mol. The third-order valence-electron chi connectivity index (χ3n) is 2.29. The van der Waals surface area contributed by atoms with Gasteiger partial charge in [-0.2, -0.15) is 0 Å². The van der Waals surface area contributed by atoms with Crippen molar-refractivity contribution in [2.45, 2.75) is 0 Å².